The molecule has 1 aromatic carbocycles. The largest absolute Gasteiger partial charge is 0.330 e. The van der Waals surface area contributed by atoms with Gasteiger partial charge in [-0.1, -0.05) is 40.9 Å². The van der Waals surface area contributed by atoms with E-state index in [9.17, 15) is 4.39 Å². The fraction of sp³-hybridized carbons (Fsp3) is 0.273. The molecule has 0 spiro atoms. The molecule has 0 fully saturated rings. The van der Waals surface area contributed by atoms with Crippen molar-refractivity contribution in [3.8, 4) is 0 Å². The van der Waals surface area contributed by atoms with Crippen LogP contribution in [0.1, 0.15) is 5.56 Å². The smallest absolute Gasteiger partial charge is 0.179 e. The average Bonchev–Trinajstić information content (AvgIpc) is 2.81. The zero-order chi connectivity index (χ0) is 13.0. The second kappa shape index (κ2) is 6.51. The number of aromatic nitrogens is 2. The maximum Gasteiger partial charge on any atom is 0.179 e. The standard InChI is InChI=1S/C11H12FN3S3/c1-16-10-14-15-11(18-10)17-9-3-2-7(4-5-13)6-8(9)12/h2-3,6H,4-5,13H2,1H3. The summed E-state index contributed by atoms with van der Waals surface area (Å²) >= 11 is 4.31. The molecule has 3 nitrogen and oxygen atoms in total. The summed E-state index contributed by atoms with van der Waals surface area (Å²) in [5.41, 5.74) is 6.36. The molecule has 0 bridgehead atoms. The van der Waals surface area contributed by atoms with Gasteiger partial charge in [-0.05, 0) is 36.9 Å². The zero-order valence-electron chi connectivity index (χ0n) is 9.72. The summed E-state index contributed by atoms with van der Waals surface area (Å²) in [5, 5.41) is 7.99. The molecule has 2 N–H and O–H groups in total. The molecule has 0 saturated heterocycles. The highest BCUT2D eigenvalue weighted by Crippen LogP contribution is 2.34. The van der Waals surface area contributed by atoms with E-state index in [-0.39, 0.29) is 5.82 Å². The number of hydrogen-bond acceptors (Lipinski definition) is 6. The predicted molar refractivity (Wildman–Crippen MR) is 75.0 cm³/mol. The Balaban J connectivity index is 2.13. The first-order valence-electron chi connectivity index (χ1n) is 5.26. The minimum absolute atomic E-state index is 0.230. The molecule has 0 aliphatic heterocycles. The van der Waals surface area contributed by atoms with Crippen molar-refractivity contribution >= 4 is 34.9 Å². The lowest BCUT2D eigenvalue weighted by molar-refractivity contribution is 0.599. The Morgan fingerprint density at radius 1 is 1.33 bits per heavy atom. The average molecular weight is 301 g/mol. The molecule has 96 valence electrons. The number of nitrogens with zero attached hydrogens (tertiary/aromatic N) is 2. The van der Waals surface area contributed by atoms with Crippen molar-refractivity contribution in [3.63, 3.8) is 0 Å². The van der Waals surface area contributed by atoms with Crippen LogP contribution in [0.25, 0.3) is 0 Å². The molecule has 0 amide bonds. The molecule has 0 unspecified atom stereocenters. The van der Waals surface area contributed by atoms with Crippen LogP contribution in [0.2, 0.25) is 0 Å². The molecule has 0 aliphatic carbocycles. The monoisotopic (exact) mass is 301 g/mol. The Bertz CT molecular complexity index is 530. The molecule has 7 heteroatoms. The fourth-order valence-electron chi connectivity index (χ4n) is 1.36. The third kappa shape index (κ3) is 3.44. The highest BCUT2D eigenvalue weighted by atomic mass is 32.2. The first-order chi connectivity index (χ1) is 8.72. The molecule has 0 aliphatic rings. The van der Waals surface area contributed by atoms with Gasteiger partial charge in [0.2, 0.25) is 0 Å². The van der Waals surface area contributed by atoms with Crippen LogP contribution in [0.3, 0.4) is 0 Å². The number of benzene rings is 1. The quantitative estimate of drug-likeness (QED) is 0.860. The van der Waals surface area contributed by atoms with Crippen LogP contribution < -0.4 is 5.73 Å². The van der Waals surface area contributed by atoms with E-state index in [2.05, 4.69) is 10.2 Å². The predicted octanol–water partition coefficient (Wildman–Crippen LogP) is 3.05. The molecular formula is C11H12FN3S3. The number of nitrogens with two attached hydrogens (primary N) is 1. The summed E-state index contributed by atoms with van der Waals surface area (Å²) in [6, 6.07) is 5.20. The van der Waals surface area contributed by atoms with Gasteiger partial charge in [-0.25, -0.2) is 4.39 Å². The summed E-state index contributed by atoms with van der Waals surface area (Å²) in [6.07, 6.45) is 2.63. The lowest BCUT2D eigenvalue weighted by atomic mass is 10.1. The van der Waals surface area contributed by atoms with Gasteiger partial charge in [0.15, 0.2) is 8.68 Å². The first-order valence-corrected chi connectivity index (χ1v) is 8.12. The molecule has 2 rings (SSSR count). The Kier molecular flexibility index (Phi) is 4.99. The van der Waals surface area contributed by atoms with E-state index in [0.717, 1.165) is 14.2 Å². The number of halogens is 1. The molecule has 1 aromatic heterocycles. The minimum atomic E-state index is -0.230. The summed E-state index contributed by atoms with van der Waals surface area (Å²) in [7, 11) is 0. The van der Waals surface area contributed by atoms with E-state index in [1.54, 1.807) is 6.07 Å². The number of hydrogen-bond donors (Lipinski definition) is 1. The van der Waals surface area contributed by atoms with Gasteiger partial charge in [-0.2, -0.15) is 0 Å². The molecule has 0 radical (unpaired) electrons. The van der Waals surface area contributed by atoms with E-state index in [4.69, 9.17) is 5.73 Å². The van der Waals surface area contributed by atoms with Crippen molar-refractivity contribution < 1.29 is 4.39 Å². The van der Waals surface area contributed by atoms with Gasteiger partial charge in [-0.15, -0.1) is 10.2 Å². The Labute approximate surface area is 117 Å². The van der Waals surface area contributed by atoms with Gasteiger partial charge < -0.3 is 5.73 Å². The molecule has 2 aromatic rings. The summed E-state index contributed by atoms with van der Waals surface area (Å²) < 4.78 is 15.5. The van der Waals surface area contributed by atoms with Crippen LogP contribution in [0, 0.1) is 5.82 Å². The SMILES string of the molecule is CSc1nnc(Sc2ccc(CCN)cc2F)s1. The van der Waals surface area contributed by atoms with E-state index in [1.165, 1.54) is 40.9 Å². The van der Waals surface area contributed by atoms with Gasteiger partial charge in [0.05, 0.1) is 4.90 Å². The summed E-state index contributed by atoms with van der Waals surface area (Å²) in [6.45, 7) is 0.527. The fourth-order valence-corrected chi connectivity index (χ4v) is 3.76. The normalized spacial score (nSPS) is 10.8. The van der Waals surface area contributed by atoms with Crippen molar-refractivity contribution in [2.75, 3.05) is 12.8 Å². The highest BCUT2D eigenvalue weighted by molar-refractivity contribution is 8.03. The van der Waals surface area contributed by atoms with Crippen molar-refractivity contribution in [3.05, 3.63) is 29.6 Å². The second-order valence-corrected chi connectivity index (χ2v) is 6.76. The third-order valence-electron chi connectivity index (χ3n) is 2.19. The zero-order valence-corrected chi connectivity index (χ0v) is 12.2. The summed E-state index contributed by atoms with van der Waals surface area (Å²) in [4.78, 5) is 0.569. The molecule has 0 atom stereocenters. The maximum atomic E-state index is 13.8. The lowest BCUT2D eigenvalue weighted by Gasteiger charge is -2.03. The van der Waals surface area contributed by atoms with E-state index >= 15 is 0 Å². The van der Waals surface area contributed by atoms with Crippen molar-refractivity contribution in [2.24, 2.45) is 5.73 Å². The lowest BCUT2D eigenvalue weighted by Crippen LogP contribution is -2.02. The van der Waals surface area contributed by atoms with Crippen molar-refractivity contribution in [2.45, 2.75) is 20.0 Å². The molecule has 1 heterocycles. The van der Waals surface area contributed by atoms with Crippen molar-refractivity contribution in [1.82, 2.24) is 10.2 Å². The van der Waals surface area contributed by atoms with Crippen LogP contribution in [-0.2, 0) is 6.42 Å². The van der Waals surface area contributed by atoms with Gasteiger partial charge >= 0.3 is 0 Å². The van der Waals surface area contributed by atoms with E-state index < -0.39 is 0 Å². The van der Waals surface area contributed by atoms with Crippen LogP contribution in [0.15, 0.2) is 31.8 Å². The Morgan fingerprint density at radius 2 is 2.11 bits per heavy atom. The maximum absolute atomic E-state index is 13.8. The molecular weight excluding hydrogens is 289 g/mol. The summed E-state index contributed by atoms with van der Waals surface area (Å²) in [5.74, 6) is -0.230. The van der Waals surface area contributed by atoms with E-state index in [0.29, 0.717) is 17.9 Å². The molecule has 0 saturated carbocycles. The van der Waals surface area contributed by atoms with Gasteiger partial charge in [0.1, 0.15) is 5.82 Å². The topological polar surface area (TPSA) is 51.8 Å². The molecule has 18 heavy (non-hydrogen) atoms. The van der Waals surface area contributed by atoms with Gasteiger partial charge in [0, 0.05) is 0 Å². The van der Waals surface area contributed by atoms with Crippen LogP contribution in [-0.4, -0.2) is 23.0 Å². The Hall–Kier alpha value is -0.630. The van der Waals surface area contributed by atoms with E-state index in [1.807, 2.05) is 12.3 Å². The number of rotatable bonds is 5. The van der Waals surface area contributed by atoms with Gasteiger partial charge in [-0.3, -0.25) is 0 Å². The van der Waals surface area contributed by atoms with Crippen LogP contribution >= 0.6 is 34.9 Å². The third-order valence-corrected chi connectivity index (χ3v) is 5.19. The Morgan fingerprint density at radius 3 is 2.72 bits per heavy atom. The van der Waals surface area contributed by atoms with Crippen molar-refractivity contribution in [1.29, 1.82) is 0 Å². The van der Waals surface area contributed by atoms with Crippen LogP contribution in [0.5, 0.6) is 0 Å². The number of thioether (sulfide) groups is 1. The minimum Gasteiger partial charge on any atom is -0.330 e. The van der Waals surface area contributed by atoms with Gasteiger partial charge in [0.25, 0.3) is 0 Å². The highest BCUT2D eigenvalue weighted by Gasteiger charge is 2.09. The van der Waals surface area contributed by atoms with Crippen LogP contribution in [0.4, 0.5) is 4.39 Å². The second-order valence-electron chi connectivity index (χ2n) is 3.44. The first kappa shape index (κ1) is 13.8.